The molecule has 12 unspecified atom stereocenters. The van der Waals surface area contributed by atoms with E-state index in [0.717, 1.165) is 19.3 Å². The fraction of sp³-hybridized carbons (Fsp3) is 0.865. The number of aliphatic hydroxyl groups excluding tert-OH is 2. The highest BCUT2D eigenvalue weighted by Crippen LogP contribution is 2.80. The molecule has 0 spiro atoms. The first-order chi connectivity index (χ1) is 22.1. The highest BCUT2D eigenvalue weighted by atomic mass is 16.6. The Labute approximate surface area is 279 Å². The van der Waals surface area contributed by atoms with Crippen LogP contribution in [0.25, 0.3) is 0 Å². The predicted molar refractivity (Wildman–Crippen MR) is 173 cm³/mol. The number of epoxide rings is 1. The lowest BCUT2D eigenvalue weighted by Gasteiger charge is -2.53. The van der Waals surface area contributed by atoms with Gasteiger partial charge in [0.25, 0.3) is 0 Å². The number of rotatable bonds is 15. The lowest BCUT2D eigenvalue weighted by Crippen LogP contribution is -2.69. The Morgan fingerprint density at radius 3 is 2.19 bits per heavy atom. The van der Waals surface area contributed by atoms with Gasteiger partial charge < -0.3 is 34.6 Å². The van der Waals surface area contributed by atoms with Crippen molar-refractivity contribution >= 4 is 17.7 Å². The molecule has 4 fully saturated rings. The molecule has 0 bridgehead atoms. The quantitative estimate of drug-likeness (QED) is 0.114. The molecule has 3 saturated carbocycles. The monoisotopic (exact) mass is 662 g/mol. The maximum Gasteiger partial charge on any atom is 0.309 e. The number of ether oxygens (including phenoxy) is 3. The van der Waals surface area contributed by atoms with Crippen molar-refractivity contribution in [1.29, 1.82) is 0 Å². The van der Waals surface area contributed by atoms with Crippen LogP contribution in [0.5, 0.6) is 0 Å². The zero-order valence-electron chi connectivity index (χ0n) is 29.4. The maximum atomic E-state index is 13.5. The van der Waals surface area contributed by atoms with E-state index in [1.54, 1.807) is 13.8 Å². The van der Waals surface area contributed by atoms with Gasteiger partial charge in [0.2, 0.25) is 0 Å². The number of unbranched alkanes of at least 4 members (excludes halogenated alkanes) is 8. The molecular formula is C37H58O10. The summed E-state index contributed by atoms with van der Waals surface area (Å²) in [5.74, 6) is -5.82. The Hall–Kier alpha value is -1.85. The Morgan fingerprint density at radius 1 is 1.02 bits per heavy atom. The molecule has 1 heterocycles. The Kier molecular flexibility index (Phi) is 9.92. The summed E-state index contributed by atoms with van der Waals surface area (Å²) in [6.45, 7) is 12.2. The van der Waals surface area contributed by atoms with Crippen molar-refractivity contribution in [2.45, 2.75) is 160 Å². The van der Waals surface area contributed by atoms with E-state index in [0.29, 0.717) is 12.8 Å². The SMILES string of the molecule is CCCCCCCCCCCC(=O)OC1C(C)C2(O)C(C3OC3(CO)C(O)C3(O)C(=O)C(C)=CC32)C2C(C)(C)C12OC(=O)C(C)CC. The summed E-state index contributed by atoms with van der Waals surface area (Å²) in [6, 6.07) is 0. The second-order valence-corrected chi connectivity index (χ2v) is 15.9. The van der Waals surface area contributed by atoms with E-state index in [1.807, 2.05) is 20.8 Å². The van der Waals surface area contributed by atoms with Crippen LogP contribution in [-0.4, -0.2) is 85.5 Å². The molecule has 47 heavy (non-hydrogen) atoms. The summed E-state index contributed by atoms with van der Waals surface area (Å²) in [7, 11) is 0. The Bertz CT molecular complexity index is 1260. The fourth-order valence-electron chi connectivity index (χ4n) is 9.88. The zero-order chi connectivity index (χ0) is 34.7. The Morgan fingerprint density at radius 2 is 1.62 bits per heavy atom. The van der Waals surface area contributed by atoms with E-state index in [9.17, 15) is 34.8 Å². The van der Waals surface area contributed by atoms with E-state index in [1.165, 1.54) is 45.1 Å². The summed E-state index contributed by atoms with van der Waals surface area (Å²) >= 11 is 0. The fourth-order valence-corrected chi connectivity index (χ4v) is 9.88. The molecule has 0 radical (unpaired) electrons. The Balaban J connectivity index is 1.47. The normalized spacial score (nSPS) is 43.0. The number of hydrogen-bond acceptors (Lipinski definition) is 10. The van der Waals surface area contributed by atoms with Gasteiger partial charge in [-0.15, -0.1) is 0 Å². The van der Waals surface area contributed by atoms with Crippen LogP contribution in [0.2, 0.25) is 0 Å². The number of esters is 2. The number of Topliss-reactive ketones (excluding diaryl/α,β-unsaturated/α-hetero) is 1. The third-order valence-electron chi connectivity index (χ3n) is 13.0. The van der Waals surface area contributed by atoms with Crippen molar-refractivity contribution in [3.63, 3.8) is 0 Å². The van der Waals surface area contributed by atoms with Crippen molar-refractivity contribution in [2.24, 2.45) is 35.0 Å². The highest BCUT2D eigenvalue weighted by molar-refractivity contribution is 6.05. The number of carbonyl (C=O) groups is 3. The van der Waals surface area contributed by atoms with Gasteiger partial charge in [-0.05, 0) is 25.3 Å². The standard InChI is InChI=1S/C37H58O10/c1-8-10-11-12-13-14-15-16-17-18-25(39)45-29-23(5)35(43)24-19-22(4)28(40)36(24,44)32(42)34(20-38)30(46-34)26(35)27-33(6,7)37(27,29)47-31(41)21(3)9-2/h19,21,23-24,26-27,29-30,32,38,42-44H,8-18,20H2,1-7H3. The van der Waals surface area contributed by atoms with Gasteiger partial charge in [-0.3, -0.25) is 14.4 Å². The lowest BCUT2D eigenvalue weighted by molar-refractivity contribution is -0.246. The molecule has 266 valence electrons. The number of hydrogen-bond donors (Lipinski definition) is 4. The predicted octanol–water partition coefficient (Wildman–Crippen LogP) is 4.18. The van der Waals surface area contributed by atoms with Gasteiger partial charge in [-0.2, -0.15) is 0 Å². The second-order valence-electron chi connectivity index (χ2n) is 15.9. The molecule has 1 saturated heterocycles. The lowest BCUT2D eigenvalue weighted by atomic mass is 9.58. The van der Waals surface area contributed by atoms with Gasteiger partial charge in [0.15, 0.2) is 17.0 Å². The first kappa shape index (κ1) is 36.4. The van der Waals surface area contributed by atoms with E-state index < -0.39 is 100 Å². The highest BCUT2D eigenvalue weighted by Gasteiger charge is 2.93. The van der Waals surface area contributed by atoms with Crippen LogP contribution in [0.1, 0.15) is 119 Å². The first-order valence-electron chi connectivity index (χ1n) is 18.2. The van der Waals surface area contributed by atoms with Gasteiger partial charge in [-0.1, -0.05) is 99.0 Å². The molecule has 4 aliphatic carbocycles. The molecular weight excluding hydrogens is 604 g/mol. The van der Waals surface area contributed by atoms with E-state index in [2.05, 4.69) is 6.92 Å². The van der Waals surface area contributed by atoms with Crippen LogP contribution in [0.15, 0.2) is 11.6 Å². The maximum absolute atomic E-state index is 13.5. The largest absolute Gasteiger partial charge is 0.458 e. The molecule has 1 aliphatic heterocycles. The number of aliphatic hydroxyl groups is 4. The van der Waals surface area contributed by atoms with E-state index >= 15 is 0 Å². The van der Waals surface area contributed by atoms with Crippen LogP contribution < -0.4 is 0 Å². The van der Waals surface area contributed by atoms with Crippen LogP contribution in [0, 0.1) is 35.0 Å². The van der Waals surface area contributed by atoms with Gasteiger partial charge in [-0.25, -0.2) is 0 Å². The second kappa shape index (κ2) is 12.8. The van der Waals surface area contributed by atoms with Crippen molar-refractivity contribution in [3.05, 3.63) is 11.6 Å². The molecule has 5 aliphatic rings. The summed E-state index contributed by atoms with van der Waals surface area (Å²) in [5, 5.41) is 47.3. The van der Waals surface area contributed by atoms with Crippen LogP contribution in [-0.2, 0) is 28.6 Å². The van der Waals surface area contributed by atoms with E-state index in [4.69, 9.17) is 14.2 Å². The van der Waals surface area contributed by atoms with Crippen molar-refractivity contribution in [3.8, 4) is 0 Å². The average molecular weight is 663 g/mol. The molecule has 0 aromatic carbocycles. The topological polar surface area (TPSA) is 163 Å². The van der Waals surface area contributed by atoms with Gasteiger partial charge in [0.05, 0.1) is 24.2 Å². The molecule has 10 heteroatoms. The summed E-state index contributed by atoms with van der Waals surface area (Å²) in [6.07, 6.45) is 8.16. The van der Waals surface area contributed by atoms with Gasteiger partial charge in [0, 0.05) is 35.5 Å². The zero-order valence-corrected chi connectivity index (χ0v) is 29.4. The van der Waals surface area contributed by atoms with Crippen LogP contribution in [0.4, 0.5) is 0 Å². The van der Waals surface area contributed by atoms with E-state index in [-0.39, 0.29) is 12.0 Å². The van der Waals surface area contributed by atoms with Crippen molar-refractivity contribution < 1.29 is 49.0 Å². The molecule has 0 amide bonds. The van der Waals surface area contributed by atoms with Gasteiger partial charge in [0.1, 0.15) is 17.8 Å². The van der Waals surface area contributed by atoms with Crippen molar-refractivity contribution in [2.75, 3.05) is 6.61 Å². The van der Waals surface area contributed by atoms with Crippen LogP contribution >= 0.6 is 0 Å². The average Bonchev–Trinajstić information content (AvgIpc) is 3.86. The van der Waals surface area contributed by atoms with Gasteiger partial charge >= 0.3 is 11.9 Å². The minimum atomic E-state index is -2.48. The first-order valence-corrected chi connectivity index (χ1v) is 18.2. The number of fused-ring (bicyclic) bond motifs is 7. The third-order valence-corrected chi connectivity index (χ3v) is 13.0. The summed E-state index contributed by atoms with van der Waals surface area (Å²) in [5.41, 5.74) is -8.09. The molecule has 0 aromatic rings. The molecule has 12 atom stereocenters. The minimum absolute atomic E-state index is 0.171. The minimum Gasteiger partial charge on any atom is -0.458 e. The molecule has 0 aromatic heterocycles. The number of ketones is 1. The smallest absolute Gasteiger partial charge is 0.309 e. The van der Waals surface area contributed by atoms with Crippen LogP contribution in [0.3, 0.4) is 0 Å². The molecule has 4 N–H and O–H groups in total. The third kappa shape index (κ3) is 5.17. The van der Waals surface area contributed by atoms with Crippen molar-refractivity contribution in [1.82, 2.24) is 0 Å². The molecule has 5 rings (SSSR count). The summed E-state index contributed by atoms with van der Waals surface area (Å²) in [4.78, 5) is 40.6. The number of carbonyl (C=O) groups excluding carboxylic acids is 3. The molecule has 10 nitrogen and oxygen atoms in total. The summed E-state index contributed by atoms with van der Waals surface area (Å²) < 4.78 is 18.7.